The number of aliphatic carboxylic acids is 1. The third-order valence-corrected chi connectivity index (χ3v) is 7.70. The Morgan fingerprint density at radius 3 is 2.67 bits per heavy atom. The van der Waals surface area contributed by atoms with E-state index in [0.29, 0.717) is 28.3 Å². The monoisotopic (exact) mass is 491 g/mol. The molecule has 2 aromatic carbocycles. The maximum absolute atomic E-state index is 13.9. The fourth-order valence-electron chi connectivity index (χ4n) is 6.22. The predicted molar refractivity (Wildman–Crippen MR) is 125 cm³/mol. The number of carboxylic acids is 1. The van der Waals surface area contributed by atoms with Gasteiger partial charge < -0.3 is 19.9 Å². The Morgan fingerprint density at radius 2 is 1.89 bits per heavy atom. The van der Waals surface area contributed by atoms with E-state index in [1.165, 1.54) is 4.90 Å². The highest BCUT2D eigenvalue weighted by Crippen LogP contribution is 2.54. The zero-order valence-corrected chi connectivity index (χ0v) is 19.8. The molecule has 2 saturated heterocycles. The molecule has 36 heavy (non-hydrogen) atoms. The maximum Gasteiger partial charge on any atom is 0.303 e. The number of nitrogens with zero attached hydrogens (tertiary/aromatic N) is 1. The number of anilines is 1. The van der Waals surface area contributed by atoms with Crippen molar-refractivity contribution in [2.45, 2.75) is 44.8 Å². The first-order valence-corrected chi connectivity index (χ1v) is 11.9. The maximum atomic E-state index is 13.9. The number of carbonyl (C=O) groups excluding carboxylic acids is 3. The van der Waals surface area contributed by atoms with Crippen molar-refractivity contribution in [3.63, 3.8) is 0 Å². The lowest BCUT2D eigenvalue weighted by molar-refractivity contribution is -0.144. The molecule has 0 aliphatic carbocycles. The highest BCUT2D eigenvalue weighted by molar-refractivity contribution is 6.15. The van der Waals surface area contributed by atoms with E-state index in [4.69, 9.17) is 9.47 Å². The largest absolute Gasteiger partial charge is 0.481 e. The van der Waals surface area contributed by atoms with Gasteiger partial charge in [0.15, 0.2) is 11.5 Å². The lowest BCUT2D eigenvalue weighted by Gasteiger charge is -2.30. The summed E-state index contributed by atoms with van der Waals surface area (Å²) in [6.07, 6.45) is -0.0789. The van der Waals surface area contributed by atoms with Crippen LogP contribution in [0, 0.1) is 25.7 Å². The van der Waals surface area contributed by atoms with Crippen molar-refractivity contribution >= 4 is 29.4 Å². The van der Waals surface area contributed by atoms with Gasteiger partial charge in [-0.3, -0.25) is 29.4 Å². The molecule has 4 heterocycles. The second-order valence-electron chi connectivity index (χ2n) is 9.90. The van der Waals surface area contributed by atoms with Crippen molar-refractivity contribution in [1.82, 2.24) is 10.2 Å². The molecule has 0 radical (unpaired) electrons. The number of benzene rings is 2. The fraction of sp³-hybridized carbons (Fsp3) is 0.385. The first kappa shape index (κ1) is 22.5. The predicted octanol–water partition coefficient (Wildman–Crippen LogP) is 1.82. The van der Waals surface area contributed by atoms with Gasteiger partial charge in [0, 0.05) is 23.7 Å². The number of fused-ring (bicyclic) bond motifs is 5. The number of carboxylic acid groups (broad SMARTS) is 1. The third kappa shape index (κ3) is 3.07. The molecule has 4 aliphatic heterocycles. The van der Waals surface area contributed by atoms with Gasteiger partial charge in [0.1, 0.15) is 5.54 Å². The average molecular weight is 492 g/mol. The third-order valence-electron chi connectivity index (χ3n) is 7.70. The van der Waals surface area contributed by atoms with Gasteiger partial charge in [-0.25, -0.2) is 0 Å². The number of imide groups is 1. The van der Waals surface area contributed by atoms with Crippen molar-refractivity contribution in [2.75, 3.05) is 12.1 Å². The van der Waals surface area contributed by atoms with Gasteiger partial charge in [0.2, 0.25) is 24.5 Å². The van der Waals surface area contributed by atoms with E-state index in [1.54, 1.807) is 18.2 Å². The zero-order chi connectivity index (χ0) is 25.4. The number of nitrogens with one attached hydrogen (secondary N) is 2. The van der Waals surface area contributed by atoms with Crippen molar-refractivity contribution in [3.8, 4) is 11.5 Å². The minimum Gasteiger partial charge on any atom is -0.481 e. The molecular formula is C26H25N3O7. The number of rotatable bonds is 5. The molecule has 4 atom stereocenters. The van der Waals surface area contributed by atoms with Crippen LogP contribution in [-0.2, 0) is 31.3 Å². The van der Waals surface area contributed by atoms with Crippen molar-refractivity contribution in [2.24, 2.45) is 11.8 Å². The van der Waals surface area contributed by atoms with Crippen LogP contribution in [0.25, 0.3) is 0 Å². The lowest BCUT2D eigenvalue weighted by atomic mass is 9.75. The van der Waals surface area contributed by atoms with Gasteiger partial charge in [-0.2, -0.15) is 0 Å². The molecule has 10 nitrogen and oxygen atoms in total. The van der Waals surface area contributed by atoms with E-state index in [9.17, 15) is 24.3 Å². The van der Waals surface area contributed by atoms with Crippen molar-refractivity contribution in [1.29, 1.82) is 0 Å². The molecule has 3 N–H and O–H groups in total. The Morgan fingerprint density at radius 1 is 1.11 bits per heavy atom. The van der Waals surface area contributed by atoms with E-state index < -0.39 is 47.1 Å². The Labute approximate surface area is 206 Å². The molecule has 2 fully saturated rings. The van der Waals surface area contributed by atoms with E-state index in [0.717, 1.165) is 11.1 Å². The molecule has 1 spiro atoms. The van der Waals surface area contributed by atoms with Crippen LogP contribution in [0.2, 0.25) is 0 Å². The van der Waals surface area contributed by atoms with Gasteiger partial charge >= 0.3 is 5.97 Å². The van der Waals surface area contributed by atoms with E-state index in [2.05, 4.69) is 10.6 Å². The summed E-state index contributed by atoms with van der Waals surface area (Å²) in [6, 6.07) is 8.39. The van der Waals surface area contributed by atoms with E-state index in [-0.39, 0.29) is 26.2 Å². The molecule has 0 saturated carbocycles. The fourth-order valence-corrected chi connectivity index (χ4v) is 6.22. The molecule has 0 unspecified atom stereocenters. The van der Waals surface area contributed by atoms with Crippen LogP contribution in [-0.4, -0.2) is 46.5 Å². The highest BCUT2D eigenvalue weighted by Gasteiger charge is 2.70. The Hall–Kier alpha value is -3.92. The first-order valence-electron chi connectivity index (χ1n) is 11.9. The summed E-state index contributed by atoms with van der Waals surface area (Å²) in [5, 5.41) is 15.5. The summed E-state index contributed by atoms with van der Waals surface area (Å²) >= 11 is 0. The summed E-state index contributed by atoms with van der Waals surface area (Å²) in [5.41, 5.74) is 2.28. The molecule has 2 aromatic rings. The Kier molecular flexibility index (Phi) is 4.88. The number of likely N-dealkylation sites (tertiary alicyclic amines) is 1. The lowest BCUT2D eigenvalue weighted by Crippen LogP contribution is -2.53. The molecule has 0 aromatic heterocycles. The summed E-state index contributed by atoms with van der Waals surface area (Å²) in [6.45, 7) is 3.92. The molecule has 4 aliphatic rings. The highest BCUT2D eigenvalue weighted by atomic mass is 16.7. The second-order valence-corrected chi connectivity index (χ2v) is 9.90. The van der Waals surface area contributed by atoms with Gasteiger partial charge in [-0.05, 0) is 43.5 Å². The van der Waals surface area contributed by atoms with Gasteiger partial charge in [-0.15, -0.1) is 0 Å². The number of hydrogen-bond acceptors (Lipinski definition) is 7. The molecule has 10 heteroatoms. The SMILES string of the molecule is Cc1cc(C)c2c(c1)[C@@]1(N[C@H](CCC(=O)O)[C@H]3C(=O)N(Cc4ccc5c(c4)OCO5)C(=O)[C@@H]31)C(=O)N2. The minimum absolute atomic E-state index is 0.0182. The molecule has 3 amide bonds. The van der Waals surface area contributed by atoms with Crippen LogP contribution in [0.15, 0.2) is 30.3 Å². The van der Waals surface area contributed by atoms with Crippen LogP contribution in [0.3, 0.4) is 0 Å². The normalized spacial score (nSPS) is 27.6. The van der Waals surface area contributed by atoms with Crippen LogP contribution in [0.1, 0.15) is 35.1 Å². The van der Waals surface area contributed by atoms with Crippen LogP contribution >= 0.6 is 0 Å². The topological polar surface area (TPSA) is 134 Å². The quantitative estimate of drug-likeness (QED) is 0.540. The molecule has 6 rings (SSSR count). The summed E-state index contributed by atoms with van der Waals surface area (Å²) < 4.78 is 10.8. The second kappa shape index (κ2) is 7.79. The standard InChI is InChI=1S/C26H25N3O7/c1-12-7-13(2)22-15(8-12)26(25(34)27-22)21-20(16(28-26)4-6-19(30)31)23(32)29(24(21)33)10-14-3-5-17-18(9-14)36-11-35-17/h3,5,7-9,16,20-21,28H,4,6,10-11H2,1-2H3,(H,27,34)(H,30,31)/t16-,20-,21-,26+/m1/s1. The summed E-state index contributed by atoms with van der Waals surface area (Å²) in [7, 11) is 0. The molecule has 186 valence electrons. The zero-order valence-electron chi connectivity index (χ0n) is 19.8. The first-order chi connectivity index (χ1) is 17.2. The average Bonchev–Trinajstić information content (AvgIpc) is 3.55. The Balaban J connectivity index is 1.42. The number of hydrogen-bond donors (Lipinski definition) is 3. The van der Waals surface area contributed by atoms with Gasteiger partial charge in [0.25, 0.3) is 0 Å². The Bertz CT molecular complexity index is 1360. The smallest absolute Gasteiger partial charge is 0.303 e. The summed E-state index contributed by atoms with van der Waals surface area (Å²) in [5.74, 6) is -2.97. The van der Waals surface area contributed by atoms with Crippen LogP contribution in [0.5, 0.6) is 11.5 Å². The van der Waals surface area contributed by atoms with Gasteiger partial charge in [-0.1, -0.05) is 23.8 Å². The summed E-state index contributed by atoms with van der Waals surface area (Å²) in [4.78, 5) is 53.8. The van der Waals surface area contributed by atoms with Crippen LogP contribution in [0.4, 0.5) is 5.69 Å². The number of amides is 3. The molecule has 0 bridgehead atoms. The van der Waals surface area contributed by atoms with E-state index >= 15 is 0 Å². The number of ether oxygens (including phenoxy) is 2. The van der Waals surface area contributed by atoms with Gasteiger partial charge in [0.05, 0.1) is 18.4 Å². The van der Waals surface area contributed by atoms with Crippen LogP contribution < -0.4 is 20.1 Å². The van der Waals surface area contributed by atoms with Crippen molar-refractivity contribution < 1.29 is 33.8 Å². The number of carbonyl (C=O) groups is 4. The minimum atomic E-state index is -1.45. The van der Waals surface area contributed by atoms with Crippen molar-refractivity contribution in [3.05, 3.63) is 52.6 Å². The molecular weight excluding hydrogens is 466 g/mol. The number of aryl methyl sites for hydroxylation is 2. The van der Waals surface area contributed by atoms with E-state index in [1.807, 2.05) is 26.0 Å².